The summed E-state index contributed by atoms with van der Waals surface area (Å²) in [5, 5.41) is 2.90. The largest absolute Gasteiger partial charge is 0.325 e. The van der Waals surface area contributed by atoms with E-state index in [1.54, 1.807) is 6.07 Å². The second-order valence-electron chi connectivity index (χ2n) is 5.05. The van der Waals surface area contributed by atoms with Crippen molar-refractivity contribution in [1.82, 2.24) is 0 Å². The highest BCUT2D eigenvalue weighted by Gasteiger charge is 2.54. The summed E-state index contributed by atoms with van der Waals surface area (Å²) in [6.45, 7) is 0. The second kappa shape index (κ2) is 3.32. The van der Waals surface area contributed by atoms with Crippen LogP contribution in [-0.2, 0) is 10.2 Å². The van der Waals surface area contributed by atoms with Crippen LogP contribution in [0.5, 0.6) is 0 Å². The summed E-state index contributed by atoms with van der Waals surface area (Å²) in [5.41, 5.74) is 2.43. The zero-order chi connectivity index (χ0) is 13.0. The van der Waals surface area contributed by atoms with E-state index in [0.717, 1.165) is 16.8 Å². The minimum absolute atomic E-state index is 0.0439. The predicted octanol–water partition coefficient (Wildman–Crippen LogP) is 2.51. The first-order valence-electron chi connectivity index (χ1n) is 6.27. The van der Waals surface area contributed by atoms with Gasteiger partial charge in [0.1, 0.15) is 5.41 Å². The van der Waals surface area contributed by atoms with Gasteiger partial charge in [0.25, 0.3) is 0 Å². The molecular weight excluding hydrogens is 238 g/mol. The molecule has 2 aromatic rings. The molecule has 4 rings (SSSR count). The fraction of sp³-hybridized carbons (Fsp3) is 0.125. The Morgan fingerprint density at radius 1 is 0.895 bits per heavy atom. The number of benzene rings is 2. The van der Waals surface area contributed by atoms with Crippen molar-refractivity contribution < 1.29 is 9.59 Å². The van der Waals surface area contributed by atoms with Gasteiger partial charge in [0.05, 0.1) is 0 Å². The summed E-state index contributed by atoms with van der Waals surface area (Å²) < 4.78 is 0. The molecule has 92 valence electrons. The Morgan fingerprint density at radius 3 is 2.42 bits per heavy atom. The number of amides is 1. The Labute approximate surface area is 110 Å². The average molecular weight is 249 g/mol. The van der Waals surface area contributed by atoms with E-state index in [0.29, 0.717) is 5.56 Å². The fourth-order valence-corrected chi connectivity index (χ4v) is 3.29. The topological polar surface area (TPSA) is 46.2 Å². The molecule has 1 heterocycles. The van der Waals surface area contributed by atoms with Gasteiger partial charge < -0.3 is 5.32 Å². The molecule has 0 radical (unpaired) electrons. The summed E-state index contributed by atoms with van der Waals surface area (Å²) in [4.78, 5) is 24.7. The average Bonchev–Trinajstić information content (AvgIpc) is 2.89. The number of carbonyl (C=O) groups is 2. The molecule has 0 saturated carbocycles. The molecule has 1 amide bonds. The van der Waals surface area contributed by atoms with Crippen LogP contribution in [0.4, 0.5) is 5.69 Å². The molecule has 3 heteroatoms. The third kappa shape index (κ3) is 1.12. The van der Waals surface area contributed by atoms with Crippen molar-refractivity contribution in [3.05, 3.63) is 65.2 Å². The van der Waals surface area contributed by atoms with Gasteiger partial charge in [0.15, 0.2) is 5.78 Å². The summed E-state index contributed by atoms with van der Waals surface area (Å²) >= 11 is 0. The number of carbonyl (C=O) groups excluding carboxylic acids is 2. The van der Waals surface area contributed by atoms with Crippen LogP contribution in [0.1, 0.15) is 27.9 Å². The summed E-state index contributed by atoms with van der Waals surface area (Å²) in [6, 6.07) is 15.0. The molecule has 0 bridgehead atoms. The minimum atomic E-state index is -0.815. The zero-order valence-electron chi connectivity index (χ0n) is 10.1. The molecule has 2 aliphatic rings. The highest BCUT2D eigenvalue weighted by atomic mass is 16.2. The summed E-state index contributed by atoms with van der Waals surface area (Å²) in [6.07, 6.45) is 0.231. The van der Waals surface area contributed by atoms with Crippen LogP contribution in [-0.4, -0.2) is 11.7 Å². The number of ketones is 1. The summed E-state index contributed by atoms with van der Waals surface area (Å²) in [7, 11) is 0. The zero-order valence-corrected chi connectivity index (χ0v) is 10.1. The molecule has 0 fully saturated rings. The molecule has 0 aromatic heterocycles. The van der Waals surface area contributed by atoms with E-state index < -0.39 is 5.41 Å². The second-order valence-corrected chi connectivity index (χ2v) is 5.05. The van der Waals surface area contributed by atoms with Crippen molar-refractivity contribution in [2.24, 2.45) is 0 Å². The van der Waals surface area contributed by atoms with Crippen molar-refractivity contribution in [2.45, 2.75) is 11.8 Å². The van der Waals surface area contributed by atoms with Gasteiger partial charge in [-0.25, -0.2) is 0 Å². The highest BCUT2D eigenvalue weighted by molar-refractivity contribution is 6.17. The van der Waals surface area contributed by atoms with Gasteiger partial charge in [-0.3, -0.25) is 9.59 Å². The lowest BCUT2D eigenvalue weighted by Crippen LogP contribution is -2.33. The quantitative estimate of drug-likeness (QED) is 0.779. The molecule has 3 nitrogen and oxygen atoms in total. The number of Topliss-reactive ketones (excluding diaryl/α,β-unsaturated/α-hetero) is 1. The molecule has 1 unspecified atom stereocenters. The van der Waals surface area contributed by atoms with Crippen molar-refractivity contribution in [2.75, 3.05) is 5.32 Å². The Balaban J connectivity index is 2.07. The number of hydrogen-bond acceptors (Lipinski definition) is 2. The van der Waals surface area contributed by atoms with Gasteiger partial charge in [-0.1, -0.05) is 42.5 Å². The third-order valence-corrected chi connectivity index (χ3v) is 4.14. The van der Waals surface area contributed by atoms with Crippen LogP contribution in [0.2, 0.25) is 0 Å². The smallest absolute Gasteiger partial charge is 0.240 e. The van der Waals surface area contributed by atoms with E-state index in [-0.39, 0.29) is 18.1 Å². The van der Waals surface area contributed by atoms with Crippen LogP contribution < -0.4 is 5.32 Å². The lowest BCUT2D eigenvalue weighted by molar-refractivity contribution is -0.119. The Hall–Kier alpha value is -2.42. The number of fused-ring (bicyclic) bond motifs is 4. The summed E-state index contributed by atoms with van der Waals surface area (Å²) in [5.74, 6) is -0.0468. The van der Waals surface area contributed by atoms with E-state index in [1.165, 1.54) is 0 Å². The lowest BCUT2D eigenvalue weighted by Gasteiger charge is -2.21. The number of hydrogen-bond donors (Lipinski definition) is 1. The van der Waals surface area contributed by atoms with E-state index >= 15 is 0 Å². The first kappa shape index (κ1) is 10.5. The molecule has 19 heavy (non-hydrogen) atoms. The maximum absolute atomic E-state index is 12.5. The van der Waals surface area contributed by atoms with Crippen LogP contribution in [0.15, 0.2) is 48.5 Å². The van der Waals surface area contributed by atoms with Gasteiger partial charge in [0, 0.05) is 17.7 Å². The molecule has 1 aliphatic carbocycles. The standard InChI is InChI=1S/C16H11NO2/c18-14-9-16(11-6-2-1-5-10(11)14)12-7-3-4-8-13(12)17-15(16)19/h1-8H,9H2,(H,17,19). The van der Waals surface area contributed by atoms with E-state index in [2.05, 4.69) is 5.32 Å². The Bertz CT molecular complexity index is 735. The highest BCUT2D eigenvalue weighted by Crippen LogP contribution is 2.50. The van der Waals surface area contributed by atoms with Gasteiger partial charge in [0.2, 0.25) is 5.91 Å². The van der Waals surface area contributed by atoms with Crippen LogP contribution in [0, 0.1) is 0 Å². The SMILES string of the molecule is O=C1CC2(C(=O)Nc3ccccc32)c2ccccc21. The fourth-order valence-electron chi connectivity index (χ4n) is 3.29. The Kier molecular flexibility index (Phi) is 1.83. The number of rotatable bonds is 0. The van der Waals surface area contributed by atoms with E-state index in [4.69, 9.17) is 0 Å². The maximum Gasteiger partial charge on any atom is 0.240 e. The molecule has 1 spiro atoms. The predicted molar refractivity (Wildman–Crippen MR) is 71.2 cm³/mol. The third-order valence-electron chi connectivity index (χ3n) is 4.14. The van der Waals surface area contributed by atoms with Gasteiger partial charge in [-0.15, -0.1) is 0 Å². The first-order valence-corrected chi connectivity index (χ1v) is 6.27. The van der Waals surface area contributed by atoms with Crippen LogP contribution in [0.25, 0.3) is 0 Å². The molecule has 2 aromatic carbocycles. The lowest BCUT2D eigenvalue weighted by atomic mass is 9.76. The van der Waals surface area contributed by atoms with Crippen molar-refractivity contribution in [3.8, 4) is 0 Å². The number of para-hydroxylation sites is 1. The first-order chi connectivity index (χ1) is 9.23. The molecule has 0 saturated heterocycles. The molecule has 1 atom stereocenters. The van der Waals surface area contributed by atoms with Crippen molar-refractivity contribution >= 4 is 17.4 Å². The van der Waals surface area contributed by atoms with Crippen LogP contribution in [0.3, 0.4) is 0 Å². The normalized spacial score (nSPS) is 23.4. The molecule has 1 aliphatic heterocycles. The van der Waals surface area contributed by atoms with Crippen molar-refractivity contribution in [3.63, 3.8) is 0 Å². The van der Waals surface area contributed by atoms with E-state index in [1.807, 2.05) is 42.5 Å². The maximum atomic E-state index is 12.5. The van der Waals surface area contributed by atoms with Gasteiger partial charge in [-0.05, 0) is 17.2 Å². The number of anilines is 1. The monoisotopic (exact) mass is 249 g/mol. The van der Waals surface area contributed by atoms with Crippen LogP contribution >= 0.6 is 0 Å². The number of nitrogens with one attached hydrogen (secondary N) is 1. The Morgan fingerprint density at radius 2 is 1.58 bits per heavy atom. The van der Waals surface area contributed by atoms with Crippen molar-refractivity contribution in [1.29, 1.82) is 0 Å². The minimum Gasteiger partial charge on any atom is -0.325 e. The van der Waals surface area contributed by atoms with E-state index in [9.17, 15) is 9.59 Å². The van der Waals surface area contributed by atoms with Gasteiger partial charge in [-0.2, -0.15) is 0 Å². The molecular formula is C16H11NO2. The molecule has 1 N–H and O–H groups in total. The van der Waals surface area contributed by atoms with Gasteiger partial charge >= 0.3 is 0 Å².